The number of aliphatic carboxylic acids is 1. The zero-order valence-electron chi connectivity index (χ0n) is 11.6. The zero-order valence-corrected chi connectivity index (χ0v) is 12.3. The molecule has 1 N–H and O–H groups in total. The Hall–Kier alpha value is -1.73. The summed E-state index contributed by atoms with van der Waals surface area (Å²) in [5, 5.41) is 19.2. The fraction of sp³-hybridized carbons (Fsp3) is 0.467. The van der Waals surface area contributed by atoms with E-state index in [1.807, 2.05) is 13.8 Å². The molecule has 0 radical (unpaired) electrons. The van der Waals surface area contributed by atoms with Crippen LogP contribution in [0.2, 0.25) is 5.02 Å². The second kappa shape index (κ2) is 5.34. The molecule has 0 aromatic heterocycles. The molecule has 1 heterocycles. The quantitative estimate of drug-likeness (QED) is 0.908. The van der Waals surface area contributed by atoms with Crippen molar-refractivity contribution < 1.29 is 9.90 Å². The van der Waals surface area contributed by atoms with Gasteiger partial charge in [0, 0.05) is 6.54 Å². The number of hydrogen-bond donors (Lipinski definition) is 1. The van der Waals surface area contributed by atoms with Crippen molar-refractivity contribution in [2.24, 2.45) is 5.41 Å². The van der Waals surface area contributed by atoms with E-state index in [9.17, 15) is 15.2 Å². The number of anilines is 1. The van der Waals surface area contributed by atoms with E-state index in [1.54, 1.807) is 23.1 Å². The van der Waals surface area contributed by atoms with E-state index >= 15 is 0 Å². The Labute approximate surface area is 123 Å². The predicted octanol–water partition coefficient (Wildman–Crippen LogP) is 3.29. The maximum atomic E-state index is 11.7. The van der Waals surface area contributed by atoms with E-state index < -0.39 is 12.0 Å². The molecule has 1 aromatic rings. The number of nitrogens with zero attached hydrogens (tertiary/aromatic N) is 2. The molecule has 20 heavy (non-hydrogen) atoms. The average molecular weight is 293 g/mol. The van der Waals surface area contributed by atoms with Gasteiger partial charge in [-0.3, -0.25) is 0 Å². The number of carbonyl (C=O) groups is 1. The van der Waals surface area contributed by atoms with E-state index in [0.717, 1.165) is 12.8 Å². The second-order valence-corrected chi connectivity index (χ2v) is 6.18. The Balaban J connectivity index is 2.53. The molecule has 0 spiro atoms. The van der Waals surface area contributed by atoms with Gasteiger partial charge in [-0.2, -0.15) is 5.26 Å². The van der Waals surface area contributed by atoms with Gasteiger partial charge in [0.25, 0.3) is 0 Å². The highest BCUT2D eigenvalue weighted by atomic mass is 35.5. The molecule has 0 bridgehead atoms. The summed E-state index contributed by atoms with van der Waals surface area (Å²) in [7, 11) is 0. The van der Waals surface area contributed by atoms with Crippen LogP contribution in [0.5, 0.6) is 0 Å². The first-order chi connectivity index (χ1) is 9.38. The summed E-state index contributed by atoms with van der Waals surface area (Å²) < 4.78 is 0. The largest absolute Gasteiger partial charge is 0.480 e. The van der Waals surface area contributed by atoms with Crippen molar-refractivity contribution in [3.05, 3.63) is 28.8 Å². The molecule has 1 saturated heterocycles. The van der Waals surface area contributed by atoms with Crippen LogP contribution in [0.3, 0.4) is 0 Å². The number of nitriles is 1. The number of benzene rings is 1. The SMILES string of the molecule is CC1(C)CCCN(c2cccc(Cl)c2C#N)C1C(=O)O. The van der Waals surface area contributed by atoms with Gasteiger partial charge in [0.1, 0.15) is 12.1 Å². The first kappa shape index (κ1) is 14.7. The number of halogens is 1. The lowest BCUT2D eigenvalue weighted by atomic mass is 9.76. The third-order valence-electron chi connectivity index (χ3n) is 3.92. The minimum atomic E-state index is -0.862. The summed E-state index contributed by atoms with van der Waals surface area (Å²) in [5.41, 5.74) is 0.609. The summed E-state index contributed by atoms with van der Waals surface area (Å²) in [6.45, 7) is 4.53. The molecule has 106 valence electrons. The Kier molecular flexibility index (Phi) is 3.92. The first-order valence-corrected chi connectivity index (χ1v) is 6.94. The van der Waals surface area contributed by atoms with E-state index in [-0.39, 0.29) is 5.41 Å². The Morgan fingerprint density at radius 1 is 1.55 bits per heavy atom. The van der Waals surface area contributed by atoms with Crippen LogP contribution >= 0.6 is 11.6 Å². The van der Waals surface area contributed by atoms with Gasteiger partial charge in [-0.25, -0.2) is 4.79 Å². The van der Waals surface area contributed by atoms with E-state index in [1.165, 1.54) is 0 Å². The molecular weight excluding hydrogens is 276 g/mol. The van der Waals surface area contributed by atoms with Crippen LogP contribution < -0.4 is 4.90 Å². The lowest BCUT2D eigenvalue weighted by Gasteiger charge is -2.45. The van der Waals surface area contributed by atoms with Crippen LogP contribution in [0.15, 0.2) is 18.2 Å². The summed E-state index contributed by atoms with van der Waals surface area (Å²) in [4.78, 5) is 13.5. The summed E-state index contributed by atoms with van der Waals surface area (Å²) in [5.74, 6) is -0.862. The molecule has 0 saturated carbocycles. The van der Waals surface area contributed by atoms with Gasteiger partial charge in [0.05, 0.1) is 16.3 Å². The molecule has 1 fully saturated rings. The van der Waals surface area contributed by atoms with Crippen molar-refractivity contribution in [2.45, 2.75) is 32.7 Å². The van der Waals surface area contributed by atoms with Crippen molar-refractivity contribution in [1.82, 2.24) is 0 Å². The maximum Gasteiger partial charge on any atom is 0.326 e. The van der Waals surface area contributed by atoms with Crippen LogP contribution in [-0.2, 0) is 4.79 Å². The number of carboxylic acids is 1. The minimum Gasteiger partial charge on any atom is -0.480 e. The van der Waals surface area contributed by atoms with Crippen LogP contribution in [0.1, 0.15) is 32.3 Å². The average Bonchev–Trinajstić information content (AvgIpc) is 2.36. The third-order valence-corrected chi connectivity index (χ3v) is 4.23. The summed E-state index contributed by atoms with van der Waals surface area (Å²) in [6, 6.07) is 6.59. The second-order valence-electron chi connectivity index (χ2n) is 5.77. The number of hydrogen-bond acceptors (Lipinski definition) is 3. The van der Waals surface area contributed by atoms with Crippen LogP contribution in [0, 0.1) is 16.7 Å². The molecule has 2 rings (SSSR count). The lowest BCUT2D eigenvalue weighted by molar-refractivity contribution is -0.142. The van der Waals surface area contributed by atoms with Crippen molar-refractivity contribution in [3.8, 4) is 6.07 Å². The predicted molar refractivity (Wildman–Crippen MR) is 78.0 cm³/mol. The molecule has 1 aliphatic rings. The topological polar surface area (TPSA) is 64.3 Å². The summed E-state index contributed by atoms with van der Waals surface area (Å²) in [6.07, 6.45) is 1.75. The van der Waals surface area contributed by atoms with Gasteiger partial charge in [0.15, 0.2) is 0 Å². The van der Waals surface area contributed by atoms with Crippen LogP contribution in [0.4, 0.5) is 5.69 Å². The lowest BCUT2D eigenvalue weighted by Crippen LogP contribution is -2.54. The normalized spacial score (nSPS) is 21.3. The van der Waals surface area contributed by atoms with E-state index in [0.29, 0.717) is 22.8 Å². The Bertz CT molecular complexity index is 578. The van der Waals surface area contributed by atoms with Gasteiger partial charge in [-0.05, 0) is 30.4 Å². The maximum absolute atomic E-state index is 11.7. The van der Waals surface area contributed by atoms with Gasteiger partial charge in [0.2, 0.25) is 0 Å². The minimum absolute atomic E-state index is 0.345. The number of rotatable bonds is 2. The fourth-order valence-electron chi connectivity index (χ4n) is 2.98. The molecule has 0 aliphatic carbocycles. The Morgan fingerprint density at radius 2 is 2.25 bits per heavy atom. The molecule has 4 nitrogen and oxygen atoms in total. The molecule has 5 heteroatoms. The van der Waals surface area contributed by atoms with Crippen molar-refractivity contribution in [3.63, 3.8) is 0 Å². The third kappa shape index (κ3) is 2.46. The molecule has 0 amide bonds. The zero-order chi connectivity index (χ0) is 14.9. The summed E-state index contributed by atoms with van der Waals surface area (Å²) >= 11 is 6.05. The van der Waals surface area contributed by atoms with E-state index in [2.05, 4.69) is 6.07 Å². The molecule has 1 aromatic carbocycles. The first-order valence-electron chi connectivity index (χ1n) is 6.56. The number of piperidine rings is 1. The van der Waals surface area contributed by atoms with Crippen LogP contribution in [0.25, 0.3) is 0 Å². The van der Waals surface area contributed by atoms with Crippen molar-refractivity contribution in [1.29, 1.82) is 5.26 Å². The molecule has 1 atom stereocenters. The van der Waals surface area contributed by atoms with E-state index in [4.69, 9.17) is 11.6 Å². The highest BCUT2D eigenvalue weighted by Crippen LogP contribution is 2.39. The number of carboxylic acid groups (broad SMARTS) is 1. The standard InChI is InChI=1S/C15H17ClN2O2/c1-15(2)7-4-8-18(13(15)14(19)20)12-6-3-5-11(16)10(12)9-17/h3,5-6,13H,4,7-8H2,1-2H3,(H,19,20). The highest BCUT2D eigenvalue weighted by molar-refractivity contribution is 6.32. The molecule has 1 unspecified atom stereocenters. The molecular formula is C15H17ClN2O2. The Morgan fingerprint density at radius 3 is 2.85 bits per heavy atom. The van der Waals surface area contributed by atoms with Crippen molar-refractivity contribution in [2.75, 3.05) is 11.4 Å². The van der Waals surface area contributed by atoms with Gasteiger partial charge in [-0.15, -0.1) is 0 Å². The molecule has 1 aliphatic heterocycles. The van der Waals surface area contributed by atoms with Gasteiger partial charge >= 0.3 is 5.97 Å². The fourth-order valence-corrected chi connectivity index (χ4v) is 3.19. The monoisotopic (exact) mass is 292 g/mol. The van der Waals surface area contributed by atoms with Gasteiger partial charge in [-0.1, -0.05) is 31.5 Å². The van der Waals surface area contributed by atoms with Crippen LogP contribution in [-0.4, -0.2) is 23.7 Å². The highest BCUT2D eigenvalue weighted by Gasteiger charge is 2.43. The van der Waals surface area contributed by atoms with Gasteiger partial charge < -0.3 is 10.0 Å². The smallest absolute Gasteiger partial charge is 0.326 e. The van der Waals surface area contributed by atoms with Crippen molar-refractivity contribution >= 4 is 23.3 Å².